The summed E-state index contributed by atoms with van der Waals surface area (Å²) in [4.78, 5) is 5.43. The van der Waals surface area contributed by atoms with Crippen molar-refractivity contribution in [3.63, 3.8) is 0 Å². The second kappa shape index (κ2) is 6.81. The van der Waals surface area contributed by atoms with Crippen molar-refractivity contribution in [3.05, 3.63) is 41.0 Å². The number of thioether (sulfide) groups is 1. The Bertz CT molecular complexity index is 605. The van der Waals surface area contributed by atoms with Crippen LogP contribution in [0.1, 0.15) is 43.3 Å². The summed E-state index contributed by atoms with van der Waals surface area (Å²) in [5.74, 6) is 1.81. The van der Waals surface area contributed by atoms with E-state index >= 15 is 0 Å². The number of aliphatic hydroxyl groups is 1. The zero-order valence-corrected chi connectivity index (χ0v) is 13.1. The maximum Gasteiger partial charge on any atom is 0.232 e. The van der Waals surface area contributed by atoms with Crippen LogP contribution >= 0.6 is 23.4 Å². The van der Waals surface area contributed by atoms with Gasteiger partial charge < -0.3 is 9.63 Å². The molecule has 1 aliphatic carbocycles. The minimum Gasteiger partial charge on any atom is -0.392 e. The van der Waals surface area contributed by atoms with Gasteiger partial charge in [0.1, 0.15) is 0 Å². The second-order valence-electron chi connectivity index (χ2n) is 5.23. The van der Waals surface area contributed by atoms with Crippen molar-refractivity contribution in [2.24, 2.45) is 0 Å². The van der Waals surface area contributed by atoms with Gasteiger partial charge in [-0.15, -0.1) is 11.8 Å². The molecule has 0 amide bonds. The van der Waals surface area contributed by atoms with Crippen molar-refractivity contribution in [3.8, 4) is 0 Å². The van der Waals surface area contributed by atoms with Gasteiger partial charge in [0.2, 0.25) is 5.89 Å². The Kier molecular flexibility index (Phi) is 4.83. The van der Waals surface area contributed by atoms with Gasteiger partial charge >= 0.3 is 0 Å². The first-order valence-corrected chi connectivity index (χ1v) is 8.48. The van der Waals surface area contributed by atoms with Crippen molar-refractivity contribution in [1.82, 2.24) is 10.1 Å². The zero-order valence-electron chi connectivity index (χ0n) is 11.5. The topological polar surface area (TPSA) is 59.2 Å². The molecule has 0 saturated heterocycles. The average Bonchev–Trinajstić information content (AvgIpc) is 2.96. The van der Waals surface area contributed by atoms with Gasteiger partial charge in [-0.1, -0.05) is 41.7 Å². The van der Waals surface area contributed by atoms with Gasteiger partial charge in [0, 0.05) is 4.90 Å². The van der Waals surface area contributed by atoms with E-state index in [0.717, 1.165) is 35.6 Å². The maximum atomic E-state index is 10.0. The average molecular weight is 325 g/mol. The number of benzene rings is 1. The maximum absolute atomic E-state index is 10.0. The van der Waals surface area contributed by atoms with E-state index in [9.17, 15) is 5.11 Å². The minimum atomic E-state index is -0.358. The molecule has 1 aromatic heterocycles. The van der Waals surface area contributed by atoms with E-state index in [1.165, 1.54) is 0 Å². The van der Waals surface area contributed by atoms with Gasteiger partial charge in [0.25, 0.3) is 0 Å². The van der Waals surface area contributed by atoms with Crippen LogP contribution in [0.15, 0.2) is 33.7 Å². The van der Waals surface area contributed by atoms with Crippen molar-refractivity contribution in [1.29, 1.82) is 0 Å². The summed E-state index contributed by atoms with van der Waals surface area (Å²) in [5.41, 5.74) is 0. The van der Waals surface area contributed by atoms with Crippen molar-refractivity contribution >= 4 is 23.4 Å². The molecule has 1 aromatic carbocycles. The highest BCUT2D eigenvalue weighted by Crippen LogP contribution is 2.33. The Morgan fingerprint density at radius 2 is 2.10 bits per heavy atom. The molecule has 112 valence electrons. The van der Waals surface area contributed by atoms with Crippen LogP contribution in [0.25, 0.3) is 0 Å². The molecule has 21 heavy (non-hydrogen) atoms. The quantitative estimate of drug-likeness (QED) is 0.860. The predicted octanol–water partition coefficient (Wildman–Crippen LogP) is 4.03. The standard InChI is InChI=1S/C15H17ClN2O2S/c16-11-6-2-4-8-13(11)21-9-14-17-15(20-18-14)10-5-1-3-7-12(10)19/h2,4,6,8,10,12,19H,1,3,5,7,9H2. The molecule has 2 atom stereocenters. The van der Waals surface area contributed by atoms with Crippen LogP contribution in [0, 0.1) is 0 Å². The largest absolute Gasteiger partial charge is 0.392 e. The van der Waals surface area contributed by atoms with Crippen LogP contribution in [0.5, 0.6) is 0 Å². The molecule has 2 unspecified atom stereocenters. The van der Waals surface area contributed by atoms with Crippen molar-refractivity contribution < 1.29 is 9.63 Å². The minimum absolute atomic E-state index is 0.00897. The number of hydrogen-bond donors (Lipinski definition) is 1. The lowest BCUT2D eigenvalue weighted by atomic mass is 9.86. The van der Waals surface area contributed by atoms with Crippen LogP contribution in [0.2, 0.25) is 5.02 Å². The third kappa shape index (κ3) is 3.59. The van der Waals surface area contributed by atoms with E-state index in [1.54, 1.807) is 11.8 Å². The summed E-state index contributed by atoms with van der Waals surface area (Å²) in [6, 6.07) is 7.69. The Morgan fingerprint density at radius 3 is 2.90 bits per heavy atom. The van der Waals surface area contributed by atoms with Crippen LogP contribution in [0.3, 0.4) is 0 Å². The fourth-order valence-corrected chi connectivity index (χ4v) is 3.66. The Hall–Kier alpha value is -1.04. The molecule has 0 bridgehead atoms. The lowest BCUT2D eigenvalue weighted by Gasteiger charge is -2.24. The number of hydrogen-bond acceptors (Lipinski definition) is 5. The molecule has 3 rings (SSSR count). The Balaban J connectivity index is 1.64. The summed E-state index contributed by atoms with van der Waals surface area (Å²) in [5, 5.41) is 14.8. The third-order valence-electron chi connectivity index (χ3n) is 3.72. The summed E-state index contributed by atoms with van der Waals surface area (Å²) >= 11 is 7.70. The first kappa shape index (κ1) is 14.9. The SMILES string of the molecule is OC1CCCCC1c1nc(CSc2ccccc2Cl)no1. The van der Waals surface area contributed by atoms with Crippen LogP contribution < -0.4 is 0 Å². The normalized spacial score (nSPS) is 22.4. The molecular weight excluding hydrogens is 308 g/mol. The van der Waals surface area contributed by atoms with Gasteiger partial charge in [-0.05, 0) is 25.0 Å². The summed E-state index contributed by atoms with van der Waals surface area (Å²) < 4.78 is 5.33. The molecule has 1 saturated carbocycles. The van der Waals surface area contributed by atoms with Gasteiger partial charge in [-0.3, -0.25) is 0 Å². The van der Waals surface area contributed by atoms with Gasteiger partial charge in [-0.25, -0.2) is 0 Å². The number of rotatable bonds is 4. The molecular formula is C15H17ClN2O2S. The highest BCUT2D eigenvalue weighted by molar-refractivity contribution is 7.98. The van der Waals surface area contributed by atoms with E-state index in [2.05, 4.69) is 10.1 Å². The van der Waals surface area contributed by atoms with Gasteiger partial charge in [0.15, 0.2) is 5.82 Å². The molecule has 4 nitrogen and oxygen atoms in total. The fourth-order valence-electron chi connectivity index (χ4n) is 2.58. The summed E-state index contributed by atoms with van der Waals surface area (Å²) in [7, 11) is 0. The highest BCUT2D eigenvalue weighted by Gasteiger charge is 2.29. The monoisotopic (exact) mass is 324 g/mol. The number of halogens is 1. The molecule has 1 aliphatic rings. The Labute approximate surface area is 132 Å². The molecule has 6 heteroatoms. The summed E-state index contributed by atoms with van der Waals surface area (Å²) in [6.07, 6.45) is 3.55. The molecule has 1 heterocycles. The van der Waals surface area contributed by atoms with Crippen molar-refractivity contribution in [2.45, 2.75) is 48.4 Å². The first-order valence-electron chi connectivity index (χ1n) is 7.12. The molecule has 0 aliphatic heterocycles. The third-order valence-corrected chi connectivity index (χ3v) is 5.24. The smallest absolute Gasteiger partial charge is 0.232 e. The first-order chi connectivity index (χ1) is 10.2. The Morgan fingerprint density at radius 1 is 1.29 bits per heavy atom. The highest BCUT2D eigenvalue weighted by atomic mass is 35.5. The molecule has 1 N–H and O–H groups in total. The van der Waals surface area contributed by atoms with Crippen LogP contribution in [-0.2, 0) is 5.75 Å². The molecule has 0 spiro atoms. The predicted molar refractivity (Wildman–Crippen MR) is 82.5 cm³/mol. The van der Waals surface area contributed by atoms with E-state index in [-0.39, 0.29) is 12.0 Å². The molecule has 1 fully saturated rings. The lowest BCUT2D eigenvalue weighted by molar-refractivity contribution is 0.0908. The lowest BCUT2D eigenvalue weighted by Crippen LogP contribution is -2.22. The van der Waals surface area contributed by atoms with Gasteiger partial charge in [-0.2, -0.15) is 4.98 Å². The molecule has 2 aromatic rings. The van der Waals surface area contributed by atoms with Crippen LogP contribution in [0.4, 0.5) is 0 Å². The number of aliphatic hydroxyl groups excluding tert-OH is 1. The number of nitrogens with zero attached hydrogens (tertiary/aromatic N) is 2. The zero-order chi connectivity index (χ0) is 14.7. The van der Waals surface area contributed by atoms with Crippen LogP contribution in [-0.4, -0.2) is 21.4 Å². The van der Waals surface area contributed by atoms with E-state index in [4.69, 9.17) is 16.1 Å². The van der Waals surface area contributed by atoms with Gasteiger partial charge in [0.05, 0.1) is 22.8 Å². The van der Waals surface area contributed by atoms with E-state index in [0.29, 0.717) is 17.5 Å². The fraction of sp³-hybridized carbons (Fsp3) is 0.467. The second-order valence-corrected chi connectivity index (χ2v) is 6.65. The van der Waals surface area contributed by atoms with E-state index < -0.39 is 0 Å². The van der Waals surface area contributed by atoms with E-state index in [1.807, 2.05) is 24.3 Å². The molecule has 0 radical (unpaired) electrons. The number of aromatic nitrogens is 2. The van der Waals surface area contributed by atoms with Crippen molar-refractivity contribution in [2.75, 3.05) is 0 Å². The summed E-state index contributed by atoms with van der Waals surface area (Å²) in [6.45, 7) is 0.